The van der Waals surface area contributed by atoms with Crippen LogP contribution in [0, 0.1) is 11.3 Å². The summed E-state index contributed by atoms with van der Waals surface area (Å²) in [6.07, 6.45) is 0. The third-order valence-electron chi connectivity index (χ3n) is 3.80. The smallest absolute Gasteiger partial charge is 0.274 e. The van der Waals surface area contributed by atoms with Gasteiger partial charge in [0.25, 0.3) is 5.91 Å². The lowest BCUT2D eigenvalue weighted by Crippen LogP contribution is -2.27. The Balaban J connectivity index is 1.69. The molecule has 0 unspecified atom stereocenters. The molecule has 3 aromatic rings. The molecular weight excluding hydrogens is 326 g/mol. The number of rotatable bonds is 5. The summed E-state index contributed by atoms with van der Waals surface area (Å²) >= 11 is 0. The minimum absolute atomic E-state index is 0.203. The maximum absolute atomic E-state index is 12.5. The predicted octanol–water partition coefficient (Wildman–Crippen LogP) is 3.36. The van der Waals surface area contributed by atoms with Crippen molar-refractivity contribution < 1.29 is 4.79 Å². The van der Waals surface area contributed by atoms with Crippen molar-refractivity contribution in [2.45, 2.75) is 6.54 Å². The highest BCUT2D eigenvalue weighted by molar-refractivity contribution is 5.92. The third-order valence-corrected chi connectivity index (χ3v) is 3.80. The fraction of sp³-hybridized carbons (Fsp3) is 0.100. The number of para-hydroxylation sites is 1. The van der Waals surface area contributed by atoms with Crippen molar-refractivity contribution >= 4 is 17.4 Å². The molecule has 26 heavy (non-hydrogen) atoms. The summed E-state index contributed by atoms with van der Waals surface area (Å²) < 4.78 is 0. The summed E-state index contributed by atoms with van der Waals surface area (Å²) in [5.74, 6) is 0.264. The summed E-state index contributed by atoms with van der Waals surface area (Å²) in [4.78, 5) is 14.1. The molecule has 3 rings (SSSR count). The molecule has 0 atom stereocenters. The first-order valence-corrected chi connectivity index (χ1v) is 8.06. The van der Waals surface area contributed by atoms with Gasteiger partial charge in [-0.3, -0.25) is 4.79 Å². The standard InChI is InChI=1S/C20H17N5O/c1-25(14-15-7-3-2-4-8-15)20(26)18-11-12-19(24-23-18)22-17-10-6-5-9-16(17)13-21/h2-12H,14H2,1H3,(H,22,24). The zero-order valence-corrected chi connectivity index (χ0v) is 14.3. The summed E-state index contributed by atoms with van der Waals surface area (Å²) in [5, 5.41) is 20.2. The minimum Gasteiger partial charge on any atom is -0.338 e. The number of nitrogens with one attached hydrogen (secondary N) is 1. The molecule has 6 nitrogen and oxygen atoms in total. The lowest BCUT2D eigenvalue weighted by molar-refractivity contribution is 0.0778. The predicted molar refractivity (Wildman–Crippen MR) is 98.7 cm³/mol. The molecule has 1 aromatic heterocycles. The van der Waals surface area contributed by atoms with Gasteiger partial charge in [-0.15, -0.1) is 10.2 Å². The quantitative estimate of drug-likeness (QED) is 0.768. The number of carbonyl (C=O) groups excluding carboxylic acids is 1. The Labute approximate surface area is 151 Å². The first-order chi connectivity index (χ1) is 12.7. The molecule has 0 aliphatic carbocycles. The maximum atomic E-state index is 12.5. The van der Waals surface area contributed by atoms with E-state index in [0.29, 0.717) is 23.6 Å². The van der Waals surface area contributed by atoms with Crippen LogP contribution in [0.4, 0.5) is 11.5 Å². The highest BCUT2D eigenvalue weighted by atomic mass is 16.2. The number of amides is 1. The van der Waals surface area contributed by atoms with E-state index in [1.54, 1.807) is 42.3 Å². The second kappa shape index (κ2) is 7.90. The van der Waals surface area contributed by atoms with Crippen LogP contribution in [0.15, 0.2) is 66.7 Å². The summed E-state index contributed by atoms with van der Waals surface area (Å²) in [7, 11) is 1.73. The summed E-state index contributed by atoms with van der Waals surface area (Å²) in [5.41, 5.74) is 2.46. The molecule has 0 saturated carbocycles. The van der Waals surface area contributed by atoms with Gasteiger partial charge in [-0.1, -0.05) is 42.5 Å². The number of nitrogens with zero attached hydrogens (tertiary/aromatic N) is 4. The largest absolute Gasteiger partial charge is 0.338 e. The highest BCUT2D eigenvalue weighted by Gasteiger charge is 2.14. The van der Waals surface area contributed by atoms with E-state index < -0.39 is 0 Å². The van der Waals surface area contributed by atoms with Crippen LogP contribution in [-0.2, 0) is 6.54 Å². The first kappa shape index (κ1) is 17.1. The highest BCUT2D eigenvalue weighted by Crippen LogP contribution is 2.18. The van der Waals surface area contributed by atoms with Crippen molar-refractivity contribution in [3.05, 3.63) is 83.6 Å². The molecule has 0 spiro atoms. The van der Waals surface area contributed by atoms with Gasteiger partial charge in [0.05, 0.1) is 11.3 Å². The fourth-order valence-electron chi connectivity index (χ4n) is 2.47. The number of hydrogen-bond donors (Lipinski definition) is 1. The van der Waals surface area contributed by atoms with Crippen LogP contribution < -0.4 is 5.32 Å². The van der Waals surface area contributed by atoms with Crippen molar-refractivity contribution in [1.29, 1.82) is 5.26 Å². The molecular formula is C20H17N5O. The van der Waals surface area contributed by atoms with Gasteiger partial charge in [0, 0.05) is 13.6 Å². The molecule has 0 saturated heterocycles. The van der Waals surface area contributed by atoms with Gasteiger partial charge in [-0.2, -0.15) is 5.26 Å². The van der Waals surface area contributed by atoms with Gasteiger partial charge >= 0.3 is 0 Å². The Hall–Kier alpha value is -3.72. The molecule has 0 aliphatic heterocycles. The third kappa shape index (κ3) is 4.02. The van der Waals surface area contributed by atoms with Crippen molar-refractivity contribution in [2.24, 2.45) is 0 Å². The number of benzene rings is 2. The molecule has 1 N–H and O–H groups in total. The van der Waals surface area contributed by atoms with E-state index in [0.717, 1.165) is 5.56 Å². The van der Waals surface area contributed by atoms with E-state index >= 15 is 0 Å². The van der Waals surface area contributed by atoms with Crippen LogP contribution in [0.1, 0.15) is 21.6 Å². The van der Waals surface area contributed by atoms with Gasteiger partial charge in [0.1, 0.15) is 6.07 Å². The Kier molecular flexibility index (Phi) is 5.20. The van der Waals surface area contributed by atoms with Crippen LogP contribution >= 0.6 is 0 Å². The fourth-order valence-corrected chi connectivity index (χ4v) is 2.47. The number of carbonyl (C=O) groups is 1. The Bertz CT molecular complexity index is 932. The molecule has 0 fully saturated rings. The Morgan fingerprint density at radius 1 is 1.04 bits per heavy atom. The molecule has 1 amide bonds. The SMILES string of the molecule is CN(Cc1ccccc1)C(=O)c1ccc(Nc2ccccc2C#N)nn1. The number of nitriles is 1. The van der Waals surface area contributed by atoms with Gasteiger partial charge < -0.3 is 10.2 Å². The number of aromatic nitrogens is 2. The average molecular weight is 343 g/mol. The zero-order valence-electron chi connectivity index (χ0n) is 14.3. The van der Waals surface area contributed by atoms with Crippen LogP contribution in [-0.4, -0.2) is 28.1 Å². The average Bonchev–Trinajstić information content (AvgIpc) is 2.69. The van der Waals surface area contributed by atoms with Crippen LogP contribution in [0.3, 0.4) is 0 Å². The van der Waals surface area contributed by atoms with E-state index in [1.165, 1.54) is 0 Å². The van der Waals surface area contributed by atoms with Gasteiger partial charge in [0.15, 0.2) is 11.5 Å². The Morgan fingerprint density at radius 2 is 1.77 bits per heavy atom. The van der Waals surface area contributed by atoms with E-state index in [9.17, 15) is 4.79 Å². The lowest BCUT2D eigenvalue weighted by atomic mass is 10.2. The molecule has 0 radical (unpaired) electrons. The van der Waals surface area contributed by atoms with Crippen molar-refractivity contribution in [3.63, 3.8) is 0 Å². The second-order valence-corrected chi connectivity index (χ2v) is 5.73. The summed E-state index contributed by atoms with van der Waals surface area (Å²) in [6, 6.07) is 22.3. The van der Waals surface area contributed by atoms with Crippen LogP contribution in [0.5, 0.6) is 0 Å². The molecule has 128 valence electrons. The monoisotopic (exact) mass is 343 g/mol. The van der Waals surface area contributed by atoms with Gasteiger partial charge in [-0.05, 0) is 29.8 Å². The van der Waals surface area contributed by atoms with Crippen LogP contribution in [0.25, 0.3) is 0 Å². The van der Waals surface area contributed by atoms with Crippen molar-refractivity contribution in [1.82, 2.24) is 15.1 Å². The van der Waals surface area contributed by atoms with Crippen molar-refractivity contribution in [2.75, 3.05) is 12.4 Å². The summed E-state index contributed by atoms with van der Waals surface area (Å²) in [6.45, 7) is 0.497. The normalized spacial score (nSPS) is 10.0. The van der Waals surface area contributed by atoms with Crippen LogP contribution in [0.2, 0.25) is 0 Å². The van der Waals surface area contributed by atoms with E-state index in [2.05, 4.69) is 21.6 Å². The molecule has 6 heteroatoms. The number of hydrogen-bond acceptors (Lipinski definition) is 5. The van der Waals surface area contributed by atoms with E-state index in [-0.39, 0.29) is 11.6 Å². The molecule has 2 aromatic carbocycles. The van der Waals surface area contributed by atoms with Crippen molar-refractivity contribution in [3.8, 4) is 6.07 Å². The van der Waals surface area contributed by atoms with Gasteiger partial charge in [0.2, 0.25) is 0 Å². The maximum Gasteiger partial charge on any atom is 0.274 e. The molecule has 1 heterocycles. The topological polar surface area (TPSA) is 81.9 Å². The lowest BCUT2D eigenvalue weighted by Gasteiger charge is -2.16. The second-order valence-electron chi connectivity index (χ2n) is 5.73. The number of anilines is 2. The molecule has 0 bridgehead atoms. The zero-order chi connectivity index (χ0) is 18.4. The first-order valence-electron chi connectivity index (χ1n) is 8.06. The van der Waals surface area contributed by atoms with E-state index in [4.69, 9.17) is 5.26 Å². The molecule has 0 aliphatic rings. The van der Waals surface area contributed by atoms with E-state index in [1.807, 2.05) is 36.4 Å². The Morgan fingerprint density at radius 3 is 2.46 bits per heavy atom. The minimum atomic E-state index is -0.203. The van der Waals surface area contributed by atoms with Gasteiger partial charge in [-0.25, -0.2) is 0 Å².